The standard InChI is InChI=1S/C24H27F3N8O2/c1-13(8-25)35-20-7-14(3-4-19(20)30-32-35)21-17(27)10-34-22(21)23(36-2)29-24(31-34)28-18-5-6-33(9-16(18)26)15-11-37-12-15/h3-4,7,10,13,15-16,18H,5-6,8-9,11-12H2,1-2H3,(H,28,31)/t13-,16+,18+/m1/s1. The number of nitrogens with one attached hydrogen (secondary N) is 1. The molecule has 0 spiro atoms. The van der Waals surface area contributed by atoms with Crippen LogP contribution in [-0.2, 0) is 4.74 Å². The molecule has 0 bridgehead atoms. The molecular formula is C24H27F3N8O2. The molecule has 1 aromatic carbocycles. The van der Waals surface area contributed by atoms with Crippen molar-refractivity contribution >= 4 is 22.5 Å². The molecule has 1 N–H and O–H groups in total. The maximum absolute atomic E-state index is 15.3. The molecule has 5 heterocycles. The molecule has 0 aliphatic carbocycles. The van der Waals surface area contributed by atoms with Gasteiger partial charge < -0.3 is 14.8 Å². The molecule has 0 amide bonds. The second-order valence-electron chi connectivity index (χ2n) is 9.57. The predicted octanol–water partition coefficient (Wildman–Crippen LogP) is 3.04. The SMILES string of the molecule is COc1nc(N[C@H]2CCN(C3COC3)C[C@@H]2F)nn2cc(F)c(-c3ccc4nnn([C@H](C)CF)c4c3)c12. The first-order valence-electron chi connectivity index (χ1n) is 12.2. The van der Waals surface area contributed by atoms with E-state index in [1.807, 2.05) is 0 Å². The van der Waals surface area contributed by atoms with Crippen LogP contribution in [0.3, 0.4) is 0 Å². The Kier molecular flexibility index (Phi) is 6.11. The number of nitrogens with zero attached hydrogens (tertiary/aromatic N) is 7. The summed E-state index contributed by atoms with van der Waals surface area (Å²) in [5, 5.41) is 15.6. The third kappa shape index (κ3) is 4.15. The Morgan fingerprint density at radius 1 is 1.30 bits per heavy atom. The van der Waals surface area contributed by atoms with Crippen molar-refractivity contribution < 1.29 is 22.6 Å². The Hall–Kier alpha value is -3.45. The number of hydrogen-bond acceptors (Lipinski definition) is 8. The molecule has 2 fully saturated rings. The average Bonchev–Trinajstić information content (AvgIpc) is 3.43. The van der Waals surface area contributed by atoms with Gasteiger partial charge in [-0.05, 0) is 31.0 Å². The van der Waals surface area contributed by atoms with Crippen molar-refractivity contribution in [2.75, 3.05) is 45.4 Å². The van der Waals surface area contributed by atoms with Gasteiger partial charge in [-0.3, -0.25) is 4.90 Å². The second-order valence-corrected chi connectivity index (χ2v) is 9.57. The van der Waals surface area contributed by atoms with Gasteiger partial charge in [0.05, 0.1) is 55.7 Å². The van der Waals surface area contributed by atoms with Crippen molar-refractivity contribution in [1.29, 1.82) is 0 Å². The Morgan fingerprint density at radius 3 is 2.84 bits per heavy atom. The number of likely N-dealkylation sites (tertiary alicyclic amines) is 1. The van der Waals surface area contributed by atoms with Crippen LogP contribution in [0, 0.1) is 5.82 Å². The summed E-state index contributed by atoms with van der Waals surface area (Å²) < 4.78 is 57.2. The minimum absolute atomic E-state index is 0.139. The third-order valence-electron chi connectivity index (χ3n) is 7.17. The van der Waals surface area contributed by atoms with Crippen LogP contribution in [0.15, 0.2) is 24.4 Å². The molecule has 0 radical (unpaired) electrons. The summed E-state index contributed by atoms with van der Waals surface area (Å²) in [6, 6.07) is 4.40. The van der Waals surface area contributed by atoms with Crippen LogP contribution in [0.1, 0.15) is 19.4 Å². The molecule has 2 saturated heterocycles. The van der Waals surface area contributed by atoms with Crippen LogP contribution in [0.25, 0.3) is 27.7 Å². The van der Waals surface area contributed by atoms with Crippen LogP contribution in [0.4, 0.5) is 19.1 Å². The van der Waals surface area contributed by atoms with Crippen molar-refractivity contribution in [3.8, 4) is 17.0 Å². The number of fused-ring (bicyclic) bond motifs is 2. The fourth-order valence-corrected chi connectivity index (χ4v) is 5.00. The maximum atomic E-state index is 15.3. The average molecular weight is 517 g/mol. The van der Waals surface area contributed by atoms with E-state index in [0.717, 1.165) is 6.54 Å². The minimum Gasteiger partial charge on any atom is -0.479 e. The lowest BCUT2D eigenvalue weighted by atomic mass is 10.0. The third-order valence-corrected chi connectivity index (χ3v) is 7.17. The first kappa shape index (κ1) is 23.9. The largest absolute Gasteiger partial charge is 0.479 e. The molecule has 196 valence electrons. The van der Waals surface area contributed by atoms with Gasteiger partial charge in [0.15, 0.2) is 5.82 Å². The first-order valence-corrected chi connectivity index (χ1v) is 12.2. The number of alkyl halides is 2. The predicted molar refractivity (Wildman–Crippen MR) is 130 cm³/mol. The van der Waals surface area contributed by atoms with Gasteiger partial charge in [0.2, 0.25) is 11.8 Å². The monoisotopic (exact) mass is 516 g/mol. The molecule has 4 aromatic rings. The lowest BCUT2D eigenvalue weighted by Crippen LogP contribution is -2.57. The molecule has 6 rings (SSSR count). The molecule has 13 heteroatoms. The minimum atomic E-state index is -1.12. The molecule has 2 aliphatic heterocycles. The first-order chi connectivity index (χ1) is 18.0. The van der Waals surface area contributed by atoms with Gasteiger partial charge in [-0.15, -0.1) is 10.2 Å². The summed E-state index contributed by atoms with van der Waals surface area (Å²) in [6.45, 7) is 3.41. The second kappa shape index (κ2) is 9.45. The summed E-state index contributed by atoms with van der Waals surface area (Å²) in [7, 11) is 1.43. The number of hydrogen-bond donors (Lipinski definition) is 1. The van der Waals surface area contributed by atoms with E-state index in [1.165, 1.54) is 22.5 Å². The van der Waals surface area contributed by atoms with Crippen LogP contribution >= 0.6 is 0 Å². The van der Waals surface area contributed by atoms with Gasteiger partial charge in [-0.1, -0.05) is 11.3 Å². The highest BCUT2D eigenvalue weighted by molar-refractivity contribution is 5.89. The molecule has 2 aliphatic rings. The highest BCUT2D eigenvalue weighted by Crippen LogP contribution is 2.36. The van der Waals surface area contributed by atoms with Gasteiger partial charge in [-0.2, -0.15) is 4.98 Å². The quantitative estimate of drug-likeness (QED) is 0.401. The van der Waals surface area contributed by atoms with E-state index in [1.54, 1.807) is 25.1 Å². The summed E-state index contributed by atoms with van der Waals surface area (Å²) in [4.78, 5) is 6.54. The molecule has 37 heavy (non-hydrogen) atoms. The number of benzene rings is 1. The Labute approximate surface area is 210 Å². The zero-order valence-electron chi connectivity index (χ0n) is 20.4. The number of ether oxygens (including phenoxy) is 2. The van der Waals surface area contributed by atoms with Gasteiger partial charge in [0, 0.05) is 13.1 Å². The van der Waals surface area contributed by atoms with Gasteiger partial charge >= 0.3 is 0 Å². The Morgan fingerprint density at radius 2 is 2.14 bits per heavy atom. The number of anilines is 1. The number of piperidine rings is 1. The Bertz CT molecular complexity index is 1440. The van der Waals surface area contributed by atoms with E-state index in [0.29, 0.717) is 48.3 Å². The van der Waals surface area contributed by atoms with Crippen molar-refractivity contribution in [3.63, 3.8) is 0 Å². The zero-order valence-corrected chi connectivity index (χ0v) is 20.4. The van der Waals surface area contributed by atoms with Gasteiger partial charge in [0.25, 0.3) is 0 Å². The summed E-state index contributed by atoms with van der Waals surface area (Å²) in [5.41, 5.74) is 2.21. The smallest absolute Gasteiger partial charge is 0.244 e. The number of halogens is 3. The lowest BCUT2D eigenvalue weighted by molar-refractivity contribution is -0.0794. The highest BCUT2D eigenvalue weighted by Gasteiger charge is 2.36. The summed E-state index contributed by atoms with van der Waals surface area (Å²) in [6.07, 6.45) is 0.690. The van der Waals surface area contributed by atoms with Crippen molar-refractivity contribution in [2.24, 2.45) is 0 Å². The van der Waals surface area contributed by atoms with E-state index < -0.39 is 30.7 Å². The fourth-order valence-electron chi connectivity index (χ4n) is 5.00. The van der Waals surface area contributed by atoms with Crippen LogP contribution in [0.5, 0.6) is 5.88 Å². The fraction of sp³-hybridized carbons (Fsp3) is 0.500. The van der Waals surface area contributed by atoms with Crippen molar-refractivity contribution in [3.05, 3.63) is 30.2 Å². The van der Waals surface area contributed by atoms with Gasteiger partial charge in [-0.25, -0.2) is 22.4 Å². The molecule has 3 aromatic heterocycles. The highest BCUT2D eigenvalue weighted by atomic mass is 19.1. The van der Waals surface area contributed by atoms with E-state index in [9.17, 15) is 8.78 Å². The van der Waals surface area contributed by atoms with E-state index >= 15 is 4.39 Å². The summed E-state index contributed by atoms with van der Waals surface area (Å²) in [5.74, 6) is -0.255. The molecule has 0 saturated carbocycles. The number of aromatic nitrogens is 6. The topological polar surface area (TPSA) is 94.6 Å². The zero-order chi connectivity index (χ0) is 25.7. The summed E-state index contributed by atoms with van der Waals surface area (Å²) >= 11 is 0. The van der Waals surface area contributed by atoms with Gasteiger partial charge in [0.1, 0.15) is 23.9 Å². The normalized spacial score (nSPS) is 21.9. The Balaban J connectivity index is 1.33. The van der Waals surface area contributed by atoms with Crippen LogP contribution in [-0.4, -0.2) is 92.8 Å². The van der Waals surface area contributed by atoms with E-state index in [2.05, 4.69) is 30.6 Å². The molecule has 3 atom stereocenters. The molecular weight excluding hydrogens is 489 g/mol. The van der Waals surface area contributed by atoms with Crippen molar-refractivity contribution in [2.45, 2.75) is 37.6 Å². The number of rotatable bonds is 7. The maximum Gasteiger partial charge on any atom is 0.244 e. The molecule has 0 unspecified atom stereocenters. The van der Waals surface area contributed by atoms with E-state index in [-0.39, 0.29) is 23.4 Å². The van der Waals surface area contributed by atoms with Crippen molar-refractivity contribution in [1.82, 2.24) is 34.5 Å². The number of methoxy groups -OCH3 is 1. The van der Waals surface area contributed by atoms with Crippen LogP contribution in [0.2, 0.25) is 0 Å². The lowest BCUT2D eigenvalue weighted by Gasteiger charge is -2.42. The van der Waals surface area contributed by atoms with E-state index in [4.69, 9.17) is 9.47 Å². The van der Waals surface area contributed by atoms with Crippen LogP contribution < -0.4 is 10.1 Å². The molecule has 10 nitrogen and oxygen atoms in total.